The van der Waals surface area contributed by atoms with Crippen molar-refractivity contribution < 1.29 is 9.63 Å². The minimum absolute atomic E-state index is 0.131. The highest BCUT2D eigenvalue weighted by molar-refractivity contribution is 6.39. The molecule has 5 heteroatoms. The maximum Gasteiger partial charge on any atom is 0.256 e. The summed E-state index contributed by atoms with van der Waals surface area (Å²) in [6.45, 7) is 0. The number of fused-ring (bicyclic) bond motifs is 2. The quantitative estimate of drug-likeness (QED) is 0.643. The summed E-state index contributed by atoms with van der Waals surface area (Å²) in [5.41, 5.74) is 5.98. The molecular weight excluding hydrogens is 312 g/mol. The van der Waals surface area contributed by atoms with E-state index >= 15 is 0 Å². The molecule has 0 unspecified atom stereocenters. The zero-order valence-corrected chi connectivity index (χ0v) is 13.1. The Hall–Kier alpha value is -2.59. The predicted octanol–water partition coefficient (Wildman–Crippen LogP) is 3.65. The molecule has 23 heavy (non-hydrogen) atoms. The average molecular weight is 325 g/mol. The molecule has 1 amide bonds. The standard InChI is InChI=1S/C18H13ClN2O2/c1-23-21-17-12-5-3-2-4-10(12)8-14(17)16-13-7-6-11(19)9-15(13)20-18(16)22/h2-7,9H,8H2,1H3,(H,20,22)/b16-14+,21-17?. The van der Waals surface area contributed by atoms with E-state index in [0.717, 1.165) is 33.7 Å². The molecule has 2 aliphatic rings. The van der Waals surface area contributed by atoms with Crippen LogP contribution in [-0.2, 0) is 16.1 Å². The van der Waals surface area contributed by atoms with Gasteiger partial charge in [-0.15, -0.1) is 0 Å². The molecule has 1 aliphatic carbocycles. The van der Waals surface area contributed by atoms with Gasteiger partial charge in [0.25, 0.3) is 5.91 Å². The van der Waals surface area contributed by atoms with Gasteiger partial charge in [-0.05, 0) is 23.3 Å². The topological polar surface area (TPSA) is 50.7 Å². The second-order valence-corrected chi connectivity index (χ2v) is 5.89. The Morgan fingerprint density at radius 2 is 2.00 bits per heavy atom. The van der Waals surface area contributed by atoms with Crippen molar-refractivity contribution in [2.45, 2.75) is 6.42 Å². The molecule has 0 atom stereocenters. The van der Waals surface area contributed by atoms with E-state index in [1.165, 1.54) is 7.11 Å². The first-order valence-corrected chi connectivity index (χ1v) is 7.61. The minimum Gasteiger partial charge on any atom is -0.399 e. The summed E-state index contributed by atoms with van der Waals surface area (Å²) in [5.74, 6) is -0.131. The largest absolute Gasteiger partial charge is 0.399 e. The lowest BCUT2D eigenvalue weighted by molar-refractivity contribution is -0.110. The van der Waals surface area contributed by atoms with Crippen LogP contribution in [0.3, 0.4) is 0 Å². The molecule has 4 rings (SSSR count). The normalized spacial score (nSPS) is 20.4. The van der Waals surface area contributed by atoms with E-state index in [9.17, 15) is 4.79 Å². The summed E-state index contributed by atoms with van der Waals surface area (Å²) >= 11 is 6.02. The number of amides is 1. The van der Waals surface area contributed by atoms with Crippen molar-refractivity contribution in [3.63, 3.8) is 0 Å². The van der Waals surface area contributed by atoms with Gasteiger partial charge in [0, 0.05) is 22.6 Å². The number of oxime groups is 1. The van der Waals surface area contributed by atoms with Gasteiger partial charge in [0.2, 0.25) is 0 Å². The second-order valence-electron chi connectivity index (χ2n) is 5.45. The number of nitrogens with zero attached hydrogens (tertiary/aromatic N) is 1. The Balaban J connectivity index is 1.95. The van der Waals surface area contributed by atoms with Crippen molar-refractivity contribution in [2.75, 3.05) is 12.4 Å². The predicted molar refractivity (Wildman–Crippen MR) is 90.7 cm³/mol. The van der Waals surface area contributed by atoms with Gasteiger partial charge in [-0.25, -0.2) is 0 Å². The monoisotopic (exact) mass is 324 g/mol. The Kier molecular flexibility index (Phi) is 3.20. The van der Waals surface area contributed by atoms with Gasteiger partial charge < -0.3 is 10.2 Å². The molecule has 114 valence electrons. The van der Waals surface area contributed by atoms with E-state index in [0.29, 0.717) is 17.0 Å². The van der Waals surface area contributed by atoms with Crippen LogP contribution < -0.4 is 5.32 Å². The van der Waals surface area contributed by atoms with Gasteiger partial charge in [-0.1, -0.05) is 47.1 Å². The molecule has 0 radical (unpaired) electrons. The van der Waals surface area contributed by atoms with Crippen LogP contribution in [0.2, 0.25) is 5.02 Å². The van der Waals surface area contributed by atoms with E-state index in [1.807, 2.05) is 30.3 Å². The van der Waals surface area contributed by atoms with Crippen molar-refractivity contribution in [1.82, 2.24) is 0 Å². The number of anilines is 1. The number of benzene rings is 2. The lowest BCUT2D eigenvalue weighted by Crippen LogP contribution is -2.10. The van der Waals surface area contributed by atoms with Crippen molar-refractivity contribution >= 4 is 34.5 Å². The van der Waals surface area contributed by atoms with Gasteiger partial charge in [-0.2, -0.15) is 0 Å². The average Bonchev–Trinajstić information content (AvgIpc) is 3.04. The number of hydrogen-bond donors (Lipinski definition) is 1. The third-order valence-corrected chi connectivity index (χ3v) is 4.37. The zero-order valence-electron chi connectivity index (χ0n) is 12.4. The fourth-order valence-corrected chi connectivity index (χ4v) is 3.36. The Labute approximate surface area is 138 Å². The molecule has 0 aromatic heterocycles. The molecule has 1 N–H and O–H groups in total. The third kappa shape index (κ3) is 2.14. The van der Waals surface area contributed by atoms with Crippen molar-refractivity contribution in [3.8, 4) is 0 Å². The summed E-state index contributed by atoms with van der Waals surface area (Å²) in [4.78, 5) is 17.5. The summed E-state index contributed by atoms with van der Waals surface area (Å²) in [6, 6.07) is 13.4. The lowest BCUT2D eigenvalue weighted by atomic mass is 9.98. The van der Waals surface area contributed by atoms with Crippen molar-refractivity contribution in [1.29, 1.82) is 0 Å². The number of allylic oxidation sites excluding steroid dienone is 1. The first-order valence-electron chi connectivity index (χ1n) is 7.23. The Morgan fingerprint density at radius 3 is 2.83 bits per heavy atom. The van der Waals surface area contributed by atoms with Gasteiger partial charge >= 0.3 is 0 Å². The highest BCUT2D eigenvalue weighted by atomic mass is 35.5. The van der Waals surface area contributed by atoms with Crippen LogP contribution in [0.5, 0.6) is 0 Å². The van der Waals surface area contributed by atoms with Crippen LogP contribution in [-0.4, -0.2) is 18.7 Å². The van der Waals surface area contributed by atoms with Crippen LogP contribution in [0.4, 0.5) is 5.69 Å². The van der Waals surface area contributed by atoms with Crippen LogP contribution in [0.1, 0.15) is 16.7 Å². The number of hydrogen-bond acceptors (Lipinski definition) is 3. The fourth-order valence-electron chi connectivity index (χ4n) is 3.19. The summed E-state index contributed by atoms with van der Waals surface area (Å²) in [5, 5.41) is 7.64. The molecule has 4 nitrogen and oxygen atoms in total. The van der Waals surface area contributed by atoms with Gasteiger partial charge in [0.15, 0.2) is 0 Å². The fraction of sp³-hybridized carbons (Fsp3) is 0.111. The van der Waals surface area contributed by atoms with Crippen LogP contribution in [0, 0.1) is 0 Å². The zero-order chi connectivity index (χ0) is 16.0. The van der Waals surface area contributed by atoms with E-state index in [-0.39, 0.29) is 5.91 Å². The third-order valence-electron chi connectivity index (χ3n) is 4.14. The SMILES string of the molecule is CON=C1/C(=C2/C(=O)Nc3cc(Cl)ccc32)Cc2ccccc21. The highest BCUT2D eigenvalue weighted by Crippen LogP contribution is 2.40. The molecule has 0 spiro atoms. The molecule has 0 saturated carbocycles. The van der Waals surface area contributed by atoms with Gasteiger partial charge in [0.1, 0.15) is 12.8 Å². The molecule has 0 saturated heterocycles. The minimum atomic E-state index is -0.131. The second kappa shape index (κ2) is 5.25. The molecular formula is C18H13ClN2O2. The maximum atomic E-state index is 12.5. The van der Waals surface area contributed by atoms with Gasteiger partial charge in [0.05, 0.1) is 11.3 Å². The number of carbonyl (C=O) groups is 1. The first kappa shape index (κ1) is 14.0. The summed E-state index contributed by atoms with van der Waals surface area (Å²) in [7, 11) is 1.51. The number of halogens is 1. The smallest absolute Gasteiger partial charge is 0.256 e. The first-order chi connectivity index (χ1) is 11.2. The molecule has 2 aromatic rings. The van der Waals surface area contributed by atoms with Gasteiger partial charge in [-0.3, -0.25) is 4.79 Å². The summed E-state index contributed by atoms with van der Waals surface area (Å²) < 4.78 is 0. The highest BCUT2D eigenvalue weighted by Gasteiger charge is 2.33. The summed E-state index contributed by atoms with van der Waals surface area (Å²) in [6.07, 6.45) is 0.656. The molecule has 0 bridgehead atoms. The number of carbonyl (C=O) groups excluding carboxylic acids is 1. The number of rotatable bonds is 1. The van der Waals surface area contributed by atoms with Crippen molar-refractivity contribution in [3.05, 3.63) is 69.8 Å². The van der Waals surface area contributed by atoms with Crippen LogP contribution in [0.15, 0.2) is 53.2 Å². The molecule has 1 aliphatic heterocycles. The van der Waals surface area contributed by atoms with E-state index in [4.69, 9.17) is 16.4 Å². The van der Waals surface area contributed by atoms with E-state index in [1.54, 1.807) is 12.1 Å². The molecule has 1 heterocycles. The Bertz CT molecular complexity index is 900. The van der Waals surface area contributed by atoms with E-state index in [2.05, 4.69) is 10.5 Å². The maximum absolute atomic E-state index is 12.5. The molecule has 0 fully saturated rings. The number of nitrogens with one attached hydrogen (secondary N) is 1. The molecule has 2 aromatic carbocycles. The lowest BCUT2D eigenvalue weighted by Gasteiger charge is -2.05. The van der Waals surface area contributed by atoms with E-state index < -0.39 is 0 Å². The van der Waals surface area contributed by atoms with Crippen molar-refractivity contribution in [2.24, 2.45) is 5.16 Å². The van der Waals surface area contributed by atoms with Crippen LogP contribution in [0.25, 0.3) is 5.57 Å². The Morgan fingerprint density at radius 1 is 1.17 bits per heavy atom. The van der Waals surface area contributed by atoms with Crippen LogP contribution >= 0.6 is 11.6 Å².